The van der Waals surface area contributed by atoms with Gasteiger partial charge in [-0.05, 0) is 38.1 Å². The normalized spacial score (nSPS) is 16.1. The standard InChI is InChI=1S/C17H20N2O5/c1-19-7-5-12(6-8-19)23-14-4-3-11(9-16(14)22-2)15-10-13(17(20)21)18-24-15/h3-4,9-10,12H,5-8H2,1-2H3,(H,20,21). The molecule has 0 aliphatic carbocycles. The minimum absolute atomic E-state index is 0.129. The first-order chi connectivity index (χ1) is 11.6. The Kier molecular flexibility index (Phi) is 4.71. The Morgan fingerprint density at radius 3 is 2.67 bits per heavy atom. The molecule has 2 aromatic rings. The Morgan fingerprint density at radius 2 is 2.04 bits per heavy atom. The Morgan fingerprint density at radius 1 is 1.29 bits per heavy atom. The van der Waals surface area contributed by atoms with Crippen LogP contribution in [0.25, 0.3) is 11.3 Å². The van der Waals surface area contributed by atoms with Gasteiger partial charge in [-0.3, -0.25) is 0 Å². The molecule has 0 radical (unpaired) electrons. The zero-order valence-electron chi connectivity index (χ0n) is 13.7. The summed E-state index contributed by atoms with van der Waals surface area (Å²) in [5, 5.41) is 12.4. The SMILES string of the molecule is COc1cc(-c2cc(C(=O)O)no2)ccc1OC1CCN(C)CC1. The van der Waals surface area contributed by atoms with E-state index in [1.165, 1.54) is 6.07 Å². The first kappa shape index (κ1) is 16.3. The summed E-state index contributed by atoms with van der Waals surface area (Å²) < 4.78 is 16.6. The maximum Gasteiger partial charge on any atom is 0.358 e. The molecule has 1 aliphatic heterocycles. The van der Waals surface area contributed by atoms with Crippen molar-refractivity contribution in [1.82, 2.24) is 10.1 Å². The number of carbonyl (C=O) groups is 1. The molecule has 0 amide bonds. The third-order valence-electron chi connectivity index (χ3n) is 4.14. The van der Waals surface area contributed by atoms with Gasteiger partial charge in [0.2, 0.25) is 0 Å². The maximum atomic E-state index is 10.9. The zero-order valence-corrected chi connectivity index (χ0v) is 13.7. The lowest BCUT2D eigenvalue weighted by Gasteiger charge is -2.29. The van der Waals surface area contributed by atoms with E-state index >= 15 is 0 Å². The molecule has 7 nitrogen and oxygen atoms in total. The van der Waals surface area contributed by atoms with Crippen LogP contribution in [0.15, 0.2) is 28.8 Å². The molecule has 1 fully saturated rings. The van der Waals surface area contributed by atoms with E-state index in [-0.39, 0.29) is 11.8 Å². The van der Waals surface area contributed by atoms with Gasteiger partial charge in [0.05, 0.1) is 7.11 Å². The monoisotopic (exact) mass is 332 g/mol. The molecule has 3 rings (SSSR count). The van der Waals surface area contributed by atoms with Gasteiger partial charge in [-0.15, -0.1) is 0 Å². The summed E-state index contributed by atoms with van der Waals surface area (Å²) in [5.41, 5.74) is 0.554. The van der Waals surface area contributed by atoms with Crippen molar-refractivity contribution in [2.45, 2.75) is 18.9 Å². The number of carboxylic acids is 1. The fourth-order valence-corrected chi connectivity index (χ4v) is 2.71. The molecular formula is C17H20N2O5. The lowest BCUT2D eigenvalue weighted by Crippen LogP contribution is -2.35. The summed E-state index contributed by atoms with van der Waals surface area (Å²) in [6.07, 6.45) is 2.13. The average Bonchev–Trinajstić information content (AvgIpc) is 3.07. The summed E-state index contributed by atoms with van der Waals surface area (Å²) in [7, 11) is 3.68. The van der Waals surface area contributed by atoms with Crippen molar-refractivity contribution in [2.75, 3.05) is 27.2 Å². The van der Waals surface area contributed by atoms with Crippen LogP contribution >= 0.6 is 0 Å². The molecule has 128 valence electrons. The van der Waals surface area contributed by atoms with Gasteiger partial charge in [0.1, 0.15) is 6.10 Å². The summed E-state index contributed by atoms with van der Waals surface area (Å²) in [6.45, 7) is 2.03. The molecule has 1 aromatic heterocycles. The molecule has 0 bridgehead atoms. The third-order valence-corrected chi connectivity index (χ3v) is 4.14. The predicted octanol–water partition coefficient (Wildman–Crippen LogP) is 2.52. The number of piperidine rings is 1. The van der Waals surface area contributed by atoms with Gasteiger partial charge < -0.3 is 24.0 Å². The topological polar surface area (TPSA) is 85.0 Å². The first-order valence-corrected chi connectivity index (χ1v) is 7.80. The lowest BCUT2D eigenvalue weighted by atomic mass is 10.1. The minimum Gasteiger partial charge on any atom is -0.493 e. The Balaban J connectivity index is 1.78. The van der Waals surface area contributed by atoms with E-state index in [0.717, 1.165) is 25.9 Å². The van der Waals surface area contributed by atoms with Crippen LogP contribution in [0.4, 0.5) is 0 Å². The number of rotatable bonds is 5. The van der Waals surface area contributed by atoms with E-state index in [1.807, 2.05) is 6.07 Å². The number of benzene rings is 1. The van der Waals surface area contributed by atoms with Crippen molar-refractivity contribution in [3.63, 3.8) is 0 Å². The highest BCUT2D eigenvalue weighted by Gasteiger charge is 2.20. The van der Waals surface area contributed by atoms with Crippen LogP contribution in [-0.4, -0.2) is 54.5 Å². The van der Waals surface area contributed by atoms with Crippen LogP contribution in [0, 0.1) is 0 Å². The quantitative estimate of drug-likeness (QED) is 0.900. The van der Waals surface area contributed by atoms with Crippen LogP contribution in [0.5, 0.6) is 11.5 Å². The highest BCUT2D eigenvalue weighted by molar-refractivity contribution is 5.86. The third kappa shape index (κ3) is 3.51. The summed E-state index contributed by atoms with van der Waals surface area (Å²) in [5.74, 6) is 0.504. The highest BCUT2D eigenvalue weighted by Crippen LogP contribution is 2.34. The highest BCUT2D eigenvalue weighted by atomic mass is 16.5. The molecule has 0 unspecified atom stereocenters. The van der Waals surface area contributed by atoms with Gasteiger partial charge in [0, 0.05) is 24.7 Å². The summed E-state index contributed by atoms with van der Waals surface area (Å²) in [6, 6.07) is 6.76. The summed E-state index contributed by atoms with van der Waals surface area (Å²) in [4.78, 5) is 13.2. The van der Waals surface area contributed by atoms with E-state index in [9.17, 15) is 4.79 Å². The molecule has 1 aliphatic rings. The molecule has 0 atom stereocenters. The van der Waals surface area contributed by atoms with Crippen molar-refractivity contribution in [2.24, 2.45) is 0 Å². The number of aromatic carboxylic acids is 1. The van der Waals surface area contributed by atoms with Gasteiger partial charge in [0.25, 0.3) is 0 Å². The molecule has 1 N–H and O–H groups in total. The molecule has 24 heavy (non-hydrogen) atoms. The Bertz CT molecular complexity index is 720. The number of ether oxygens (including phenoxy) is 2. The molecule has 1 saturated heterocycles. The van der Waals surface area contributed by atoms with Crippen LogP contribution in [0.3, 0.4) is 0 Å². The zero-order chi connectivity index (χ0) is 17.1. The Hall–Kier alpha value is -2.54. The van der Waals surface area contributed by atoms with Crippen LogP contribution in [0.1, 0.15) is 23.3 Å². The van der Waals surface area contributed by atoms with E-state index in [2.05, 4.69) is 17.1 Å². The fourth-order valence-electron chi connectivity index (χ4n) is 2.71. The van der Waals surface area contributed by atoms with Gasteiger partial charge in [0.15, 0.2) is 23.0 Å². The van der Waals surface area contributed by atoms with Crippen molar-refractivity contribution in [1.29, 1.82) is 0 Å². The molecular weight excluding hydrogens is 312 g/mol. The van der Waals surface area contributed by atoms with Crippen LogP contribution in [0.2, 0.25) is 0 Å². The smallest absolute Gasteiger partial charge is 0.358 e. The lowest BCUT2D eigenvalue weighted by molar-refractivity contribution is 0.0686. The van der Waals surface area contributed by atoms with Crippen molar-refractivity contribution < 1.29 is 23.9 Å². The minimum atomic E-state index is -1.13. The molecule has 1 aromatic carbocycles. The second-order valence-electron chi connectivity index (χ2n) is 5.87. The first-order valence-electron chi connectivity index (χ1n) is 7.80. The van der Waals surface area contributed by atoms with Gasteiger partial charge in [-0.2, -0.15) is 0 Å². The second kappa shape index (κ2) is 6.92. The largest absolute Gasteiger partial charge is 0.493 e. The number of carboxylic acid groups (broad SMARTS) is 1. The maximum absolute atomic E-state index is 10.9. The van der Waals surface area contributed by atoms with Crippen molar-refractivity contribution >= 4 is 5.97 Å². The second-order valence-corrected chi connectivity index (χ2v) is 5.87. The fraction of sp³-hybridized carbons (Fsp3) is 0.412. The van der Waals surface area contributed by atoms with Gasteiger partial charge >= 0.3 is 5.97 Å². The van der Waals surface area contributed by atoms with Crippen molar-refractivity contribution in [3.05, 3.63) is 30.0 Å². The van der Waals surface area contributed by atoms with E-state index in [1.54, 1.807) is 19.2 Å². The van der Waals surface area contributed by atoms with Gasteiger partial charge in [-0.25, -0.2) is 4.79 Å². The molecule has 7 heteroatoms. The number of hydrogen-bond acceptors (Lipinski definition) is 6. The number of likely N-dealkylation sites (tertiary alicyclic amines) is 1. The van der Waals surface area contributed by atoms with Crippen molar-refractivity contribution in [3.8, 4) is 22.8 Å². The van der Waals surface area contributed by atoms with E-state index < -0.39 is 5.97 Å². The predicted molar refractivity (Wildman–Crippen MR) is 86.6 cm³/mol. The number of nitrogens with zero attached hydrogens (tertiary/aromatic N) is 2. The van der Waals surface area contributed by atoms with E-state index in [0.29, 0.717) is 22.8 Å². The molecule has 0 spiro atoms. The number of aromatic nitrogens is 1. The van der Waals surface area contributed by atoms with Crippen LogP contribution < -0.4 is 9.47 Å². The number of hydrogen-bond donors (Lipinski definition) is 1. The summed E-state index contributed by atoms with van der Waals surface area (Å²) >= 11 is 0. The van der Waals surface area contributed by atoms with Crippen LogP contribution in [-0.2, 0) is 0 Å². The van der Waals surface area contributed by atoms with Gasteiger partial charge in [-0.1, -0.05) is 5.16 Å². The molecule has 0 saturated carbocycles. The Labute approximate surface area is 139 Å². The number of methoxy groups -OCH3 is 1. The average molecular weight is 332 g/mol. The molecule has 2 heterocycles. The van der Waals surface area contributed by atoms with E-state index in [4.69, 9.17) is 19.1 Å².